The Morgan fingerprint density at radius 3 is 1.62 bits per heavy atom. The van der Waals surface area contributed by atoms with Crippen LogP contribution in [0.3, 0.4) is 0 Å². The maximum absolute atomic E-state index is 12.0. The van der Waals surface area contributed by atoms with Gasteiger partial charge >= 0.3 is 0 Å². The Balaban J connectivity index is 0.956. The second kappa shape index (κ2) is 12.2. The van der Waals surface area contributed by atoms with Gasteiger partial charge in [0, 0.05) is 47.9 Å². The SMILES string of the molecule is N=C1NC2CSC(CCCCC(=O)NCCNC(=O)CCCCC3SCC4NC(=N)NC43)C2N1. The molecule has 0 aliphatic carbocycles. The number of unbranched alkanes of at least 4 members (excludes halogenated alkanes) is 2. The van der Waals surface area contributed by atoms with Crippen LogP contribution in [0, 0.1) is 10.8 Å². The number of carbonyl (C=O) groups excluding carboxylic acids is 2. The topological polar surface area (TPSA) is 154 Å². The van der Waals surface area contributed by atoms with E-state index in [4.69, 9.17) is 10.8 Å². The van der Waals surface area contributed by atoms with Crippen molar-refractivity contribution in [2.24, 2.45) is 0 Å². The van der Waals surface area contributed by atoms with Crippen molar-refractivity contribution in [1.82, 2.24) is 31.9 Å². The van der Waals surface area contributed by atoms with Gasteiger partial charge in [-0.1, -0.05) is 12.8 Å². The lowest BCUT2D eigenvalue weighted by Gasteiger charge is -2.17. The number of hydrogen-bond donors (Lipinski definition) is 8. The predicted molar refractivity (Wildman–Crippen MR) is 139 cm³/mol. The summed E-state index contributed by atoms with van der Waals surface area (Å²) in [5, 5.41) is 35.0. The van der Waals surface area contributed by atoms with Gasteiger partial charge in [-0.2, -0.15) is 23.5 Å². The normalized spacial score (nSPS) is 31.2. The van der Waals surface area contributed by atoms with E-state index in [1.807, 2.05) is 23.5 Å². The highest BCUT2D eigenvalue weighted by Gasteiger charge is 2.42. The smallest absolute Gasteiger partial charge is 0.220 e. The molecule has 6 unspecified atom stereocenters. The molecule has 0 aromatic rings. The van der Waals surface area contributed by atoms with Crippen molar-refractivity contribution in [2.75, 3.05) is 24.6 Å². The highest BCUT2D eigenvalue weighted by atomic mass is 32.2. The molecule has 4 saturated heterocycles. The largest absolute Gasteiger partial charge is 0.354 e. The summed E-state index contributed by atoms with van der Waals surface area (Å²) in [7, 11) is 0. The van der Waals surface area contributed by atoms with E-state index in [0.29, 0.717) is 72.5 Å². The Kier molecular flexibility index (Phi) is 9.10. The summed E-state index contributed by atoms with van der Waals surface area (Å²) in [5.74, 6) is 3.05. The van der Waals surface area contributed by atoms with Crippen molar-refractivity contribution in [2.45, 2.75) is 86.0 Å². The summed E-state index contributed by atoms with van der Waals surface area (Å²) in [6.07, 6.45) is 6.92. The monoisotopic (exact) mass is 510 g/mol. The van der Waals surface area contributed by atoms with Crippen molar-refractivity contribution in [3.8, 4) is 0 Å². The van der Waals surface area contributed by atoms with E-state index >= 15 is 0 Å². The predicted octanol–water partition coefficient (Wildman–Crippen LogP) is 0.300. The first-order chi connectivity index (χ1) is 16.5. The van der Waals surface area contributed by atoms with E-state index < -0.39 is 0 Å². The van der Waals surface area contributed by atoms with Crippen molar-refractivity contribution < 1.29 is 9.59 Å². The number of rotatable bonds is 13. The molecule has 4 aliphatic heterocycles. The zero-order valence-electron chi connectivity index (χ0n) is 19.6. The molecule has 34 heavy (non-hydrogen) atoms. The Bertz CT molecular complexity index is 707. The molecule has 0 aromatic heterocycles. The van der Waals surface area contributed by atoms with Crippen molar-refractivity contribution in [1.29, 1.82) is 10.8 Å². The van der Waals surface area contributed by atoms with E-state index in [2.05, 4.69) is 31.9 Å². The third-order valence-corrected chi connectivity index (χ3v) is 10.0. The summed E-state index contributed by atoms with van der Waals surface area (Å²) in [6.45, 7) is 0.938. The lowest BCUT2D eigenvalue weighted by atomic mass is 10.0. The second-order valence-corrected chi connectivity index (χ2v) is 12.1. The molecule has 12 heteroatoms. The Hall–Kier alpha value is -1.82. The maximum atomic E-state index is 12.0. The van der Waals surface area contributed by atoms with Gasteiger partial charge in [0.05, 0.1) is 24.2 Å². The maximum Gasteiger partial charge on any atom is 0.220 e. The fraction of sp³-hybridized carbons (Fsp3) is 0.818. The minimum absolute atomic E-state index is 0.0455. The molecular weight excluding hydrogens is 472 g/mol. The minimum atomic E-state index is 0.0455. The molecule has 6 atom stereocenters. The Morgan fingerprint density at radius 2 is 1.18 bits per heavy atom. The van der Waals surface area contributed by atoms with Crippen LogP contribution in [0.4, 0.5) is 0 Å². The van der Waals surface area contributed by atoms with Crippen LogP contribution in [-0.2, 0) is 9.59 Å². The lowest BCUT2D eigenvalue weighted by molar-refractivity contribution is -0.123. The molecule has 4 aliphatic rings. The van der Waals surface area contributed by atoms with Gasteiger partial charge in [-0.25, -0.2) is 0 Å². The molecule has 0 bridgehead atoms. The van der Waals surface area contributed by atoms with E-state index in [-0.39, 0.29) is 11.8 Å². The van der Waals surface area contributed by atoms with Crippen molar-refractivity contribution >= 4 is 47.3 Å². The molecule has 8 N–H and O–H groups in total. The number of amides is 2. The summed E-state index contributed by atoms with van der Waals surface area (Å²) in [6, 6.07) is 1.44. The van der Waals surface area contributed by atoms with Crippen LogP contribution < -0.4 is 31.9 Å². The van der Waals surface area contributed by atoms with Crippen molar-refractivity contribution in [3.05, 3.63) is 0 Å². The van der Waals surface area contributed by atoms with Crippen LogP contribution in [-0.4, -0.2) is 83.0 Å². The van der Waals surface area contributed by atoms with E-state index in [1.165, 1.54) is 0 Å². The van der Waals surface area contributed by atoms with Gasteiger partial charge in [0.2, 0.25) is 11.8 Å². The Labute approximate surface area is 210 Å². The zero-order chi connectivity index (χ0) is 23.9. The van der Waals surface area contributed by atoms with Gasteiger partial charge in [-0.3, -0.25) is 20.4 Å². The number of thioether (sulfide) groups is 2. The molecule has 4 heterocycles. The fourth-order valence-corrected chi connectivity index (χ4v) is 8.28. The molecule has 0 spiro atoms. The molecular formula is C22H38N8O2S2. The summed E-state index contributed by atoms with van der Waals surface area (Å²) < 4.78 is 0. The van der Waals surface area contributed by atoms with E-state index in [0.717, 1.165) is 50.0 Å². The van der Waals surface area contributed by atoms with Gasteiger partial charge in [0.1, 0.15) is 0 Å². The molecule has 0 saturated carbocycles. The third-order valence-electron chi connectivity index (χ3n) is 6.98. The number of fused-ring (bicyclic) bond motifs is 2. The van der Waals surface area contributed by atoms with Crippen LogP contribution in [0.2, 0.25) is 0 Å². The van der Waals surface area contributed by atoms with Crippen LogP contribution >= 0.6 is 23.5 Å². The van der Waals surface area contributed by atoms with Gasteiger partial charge in [0.15, 0.2) is 11.9 Å². The number of carbonyl (C=O) groups is 2. The second-order valence-electron chi connectivity index (χ2n) is 9.53. The minimum Gasteiger partial charge on any atom is -0.354 e. The highest BCUT2D eigenvalue weighted by Crippen LogP contribution is 2.34. The first kappa shape index (κ1) is 25.3. The number of guanidine groups is 2. The number of hydrogen-bond acceptors (Lipinski definition) is 6. The first-order valence-corrected chi connectivity index (χ1v) is 14.6. The number of nitrogens with one attached hydrogen (secondary N) is 8. The van der Waals surface area contributed by atoms with Crippen molar-refractivity contribution in [3.63, 3.8) is 0 Å². The molecule has 190 valence electrons. The average molecular weight is 511 g/mol. The third kappa shape index (κ3) is 6.87. The zero-order valence-corrected chi connectivity index (χ0v) is 21.2. The quantitative estimate of drug-likeness (QED) is 0.165. The highest BCUT2D eigenvalue weighted by molar-refractivity contribution is 8.00. The van der Waals surface area contributed by atoms with Crippen LogP contribution in [0.15, 0.2) is 0 Å². The lowest BCUT2D eigenvalue weighted by Crippen LogP contribution is -2.37. The standard InChI is InChI=1S/C22H38N8O2S2/c23-21-27-13-11-33-15(19(13)29-21)5-1-3-7-17(31)25-9-10-26-18(32)8-4-2-6-16-20-14(12-34-16)28-22(24)30-20/h13-16,19-20H,1-12H2,(H,25,31)(H,26,32)(H3,23,27,29)(H3,24,28,30). The molecule has 10 nitrogen and oxygen atoms in total. The van der Waals surface area contributed by atoms with Gasteiger partial charge < -0.3 is 31.9 Å². The average Bonchev–Trinajstić information content (AvgIpc) is 3.54. The Morgan fingerprint density at radius 1 is 0.735 bits per heavy atom. The van der Waals surface area contributed by atoms with E-state index in [1.54, 1.807) is 0 Å². The first-order valence-electron chi connectivity index (χ1n) is 12.5. The van der Waals surface area contributed by atoms with Crippen LogP contribution in [0.25, 0.3) is 0 Å². The van der Waals surface area contributed by atoms with Gasteiger partial charge in [-0.05, 0) is 25.7 Å². The van der Waals surface area contributed by atoms with Gasteiger partial charge in [-0.15, -0.1) is 0 Å². The molecule has 4 rings (SSSR count). The summed E-state index contributed by atoms with van der Waals surface area (Å²) in [5.41, 5.74) is 0. The van der Waals surface area contributed by atoms with Gasteiger partial charge in [0.25, 0.3) is 0 Å². The molecule has 0 aromatic carbocycles. The molecule has 4 fully saturated rings. The molecule has 2 amide bonds. The summed E-state index contributed by atoms with van der Waals surface area (Å²) >= 11 is 3.91. The van der Waals surface area contributed by atoms with Crippen LogP contribution in [0.5, 0.6) is 0 Å². The summed E-state index contributed by atoms with van der Waals surface area (Å²) in [4.78, 5) is 24.1. The van der Waals surface area contributed by atoms with Crippen LogP contribution in [0.1, 0.15) is 51.4 Å². The molecule has 0 radical (unpaired) electrons. The fourth-order valence-electron chi connectivity index (χ4n) is 5.19. The van der Waals surface area contributed by atoms with E-state index in [9.17, 15) is 9.59 Å².